The number of rotatable bonds is 6. The average Bonchev–Trinajstić information content (AvgIpc) is 3.32. The van der Waals surface area contributed by atoms with Crippen molar-refractivity contribution in [3.05, 3.63) is 71.8 Å². The zero-order chi connectivity index (χ0) is 22.3. The standard InChI is InChI=1S/C27H29N3O2/c1-31-25-15-14-22(17-26(25)32-24-8-4-5-9-24)23(18-30-27(28)29)13-11-19-10-12-20-6-2-3-7-21(20)16-19/h2-3,6-7,10,12,14-17,23-24H,4-5,8-9,18H2,1H3,(H4,28,29,30). The lowest BCUT2D eigenvalue weighted by Crippen LogP contribution is -2.23. The van der Waals surface area contributed by atoms with Crippen LogP contribution in [-0.2, 0) is 0 Å². The van der Waals surface area contributed by atoms with Crippen LogP contribution in [0.25, 0.3) is 10.8 Å². The molecule has 1 saturated carbocycles. The van der Waals surface area contributed by atoms with Crippen molar-refractivity contribution in [1.82, 2.24) is 0 Å². The van der Waals surface area contributed by atoms with Gasteiger partial charge >= 0.3 is 0 Å². The van der Waals surface area contributed by atoms with Gasteiger partial charge in [-0.1, -0.05) is 48.2 Å². The molecule has 0 aromatic heterocycles. The van der Waals surface area contributed by atoms with Gasteiger partial charge in [0.1, 0.15) is 0 Å². The average molecular weight is 428 g/mol. The molecule has 1 fully saturated rings. The highest BCUT2D eigenvalue weighted by atomic mass is 16.5. The van der Waals surface area contributed by atoms with Gasteiger partial charge in [-0.3, -0.25) is 4.99 Å². The largest absolute Gasteiger partial charge is 0.493 e. The first kappa shape index (κ1) is 21.6. The first-order valence-corrected chi connectivity index (χ1v) is 11.0. The summed E-state index contributed by atoms with van der Waals surface area (Å²) in [7, 11) is 1.66. The van der Waals surface area contributed by atoms with Crippen LogP contribution in [0.1, 0.15) is 42.7 Å². The van der Waals surface area contributed by atoms with E-state index in [0.717, 1.165) is 40.9 Å². The Balaban J connectivity index is 1.65. The van der Waals surface area contributed by atoms with E-state index in [1.54, 1.807) is 7.11 Å². The van der Waals surface area contributed by atoms with Crippen LogP contribution in [0.15, 0.2) is 65.7 Å². The van der Waals surface area contributed by atoms with E-state index in [0.29, 0.717) is 6.54 Å². The second-order valence-corrected chi connectivity index (χ2v) is 8.08. The fourth-order valence-electron chi connectivity index (χ4n) is 4.06. The molecular formula is C27H29N3O2. The Bertz CT molecular complexity index is 1170. The molecule has 0 amide bonds. The summed E-state index contributed by atoms with van der Waals surface area (Å²) in [5, 5.41) is 2.36. The highest BCUT2D eigenvalue weighted by molar-refractivity contribution is 5.83. The van der Waals surface area contributed by atoms with Crippen molar-refractivity contribution >= 4 is 16.7 Å². The molecule has 0 aliphatic heterocycles. The van der Waals surface area contributed by atoms with Crippen molar-refractivity contribution < 1.29 is 9.47 Å². The van der Waals surface area contributed by atoms with E-state index in [1.165, 1.54) is 18.2 Å². The summed E-state index contributed by atoms with van der Waals surface area (Å²) < 4.78 is 11.8. The lowest BCUT2D eigenvalue weighted by molar-refractivity contribution is 0.200. The Kier molecular flexibility index (Phi) is 6.81. The van der Waals surface area contributed by atoms with Gasteiger partial charge in [0.2, 0.25) is 0 Å². The number of aliphatic imine (C=N–C) groups is 1. The van der Waals surface area contributed by atoms with Crippen molar-refractivity contribution in [2.45, 2.75) is 37.7 Å². The van der Waals surface area contributed by atoms with Crippen LogP contribution in [0, 0.1) is 11.8 Å². The molecule has 4 N–H and O–H groups in total. The summed E-state index contributed by atoms with van der Waals surface area (Å²) in [4.78, 5) is 4.24. The summed E-state index contributed by atoms with van der Waals surface area (Å²) in [6.45, 7) is 0.373. The number of methoxy groups -OCH3 is 1. The van der Waals surface area contributed by atoms with Crippen LogP contribution in [-0.4, -0.2) is 25.7 Å². The first-order valence-electron chi connectivity index (χ1n) is 11.0. The third kappa shape index (κ3) is 5.33. The van der Waals surface area contributed by atoms with E-state index in [-0.39, 0.29) is 18.0 Å². The minimum Gasteiger partial charge on any atom is -0.493 e. The highest BCUT2D eigenvalue weighted by Crippen LogP contribution is 2.34. The van der Waals surface area contributed by atoms with E-state index in [1.807, 2.05) is 36.4 Å². The van der Waals surface area contributed by atoms with E-state index in [4.69, 9.17) is 20.9 Å². The summed E-state index contributed by atoms with van der Waals surface area (Å²) in [6.07, 6.45) is 4.80. The van der Waals surface area contributed by atoms with Crippen molar-refractivity contribution in [3.63, 3.8) is 0 Å². The van der Waals surface area contributed by atoms with Gasteiger partial charge in [0, 0.05) is 5.56 Å². The Labute approximate surface area is 189 Å². The van der Waals surface area contributed by atoms with Gasteiger partial charge in [0.15, 0.2) is 17.5 Å². The first-order chi connectivity index (χ1) is 15.6. The van der Waals surface area contributed by atoms with Gasteiger partial charge in [0.25, 0.3) is 0 Å². The number of hydrogen-bond donors (Lipinski definition) is 2. The fraction of sp³-hybridized carbons (Fsp3) is 0.296. The zero-order valence-corrected chi connectivity index (χ0v) is 18.4. The number of ether oxygens (including phenoxy) is 2. The molecular weight excluding hydrogens is 398 g/mol. The molecule has 1 aliphatic rings. The maximum Gasteiger partial charge on any atom is 0.185 e. The molecule has 0 spiro atoms. The van der Waals surface area contributed by atoms with Gasteiger partial charge in [0.05, 0.1) is 25.7 Å². The highest BCUT2D eigenvalue weighted by Gasteiger charge is 2.20. The molecule has 1 unspecified atom stereocenters. The third-order valence-corrected chi connectivity index (χ3v) is 5.78. The monoisotopic (exact) mass is 427 g/mol. The number of guanidine groups is 1. The van der Waals surface area contributed by atoms with E-state index in [9.17, 15) is 0 Å². The molecule has 32 heavy (non-hydrogen) atoms. The van der Waals surface area contributed by atoms with Crippen LogP contribution >= 0.6 is 0 Å². The number of nitrogens with two attached hydrogens (primary N) is 2. The molecule has 1 atom stereocenters. The molecule has 0 heterocycles. The summed E-state index contributed by atoms with van der Waals surface area (Å²) >= 11 is 0. The maximum absolute atomic E-state index is 6.27. The quantitative estimate of drug-likeness (QED) is 0.343. The minimum atomic E-state index is -0.180. The molecule has 5 heteroatoms. The summed E-state index contributed by atoms with van der Waals surface area (Å²) in [5.41, 5.74) is 13.2. The van der Waals surface area contributed by atoms with Gasteiger partial charge in [-0.2, -0.15) is 0 Å². The normalized spacial score (nSPS) is 14.4. The number of benzene rings is 3. The second-order valence-electron chi connectivity index (χ2n) is 8.08. The summed E-state index contributed by atoms with van der Waals surface area (Å²) in [5.74, 6) is 8.02. The Morgan fingerprint density at radius 2 is 1.78 bits per heavy atom. The van der Waals surface area contributed by atoms with Crippen LogP contribution < -0.4 is 20.9 Å². The van der Waals surface area contributed by atoms with Crippen LogP contribution in [0.2, 0.25) is 0 Å². The third-order valence-electron chi connectivity index (χ3n) is 5.78. The molecule has 0 bridgehead atoms. The fourth-order valence-corrected chi connectivity index (χ4v) is 4.06. The van der Waals surface area contributed by atoms with Crippen molar-refractivity contribution in [1.29, 1.82) is 0 Å². The predicted molar refractivity (Wildman–Crippen MR) is 130 cm³/mol. The Hall–Kier alpha value is -3.65. The smallest absolute Gasteiger partial charge is 0.185 e. The lowest BCUT2D eigenvalue weighted by Gasteiger charge is -2.18. The van der Waals surface area contributed by atoms with E-state index in [2.05, 4.69) is 41.1 Å². The minimum absolute atomic E-state index is 0.0541. The zero-order valence-electron chi connectivity index (χ0n) is 18.4. The molecule has 164 valence electrons. The van der Waals surface area contributed by atoms with Gasteiger partial charge in [-0.05, 0) is 66.3 Å². The van der Waals surface area contributed by atoms with Crippen molar-refractivity contribution in [2.75, 3.05) is 13.7 Å². The maximum atomic E-state index is 6.27. The number of fused-ring (bicyclic) bond motifs is 1. The Morgan fingerprint density at radius 1 is 1.00 bits per heavy atom. The van der Waals surface area contributed by atoms with Gasteiger partial charge < -0.3 is 20.9 Å². The summed E-state index contributed by atoms with van der Waals surface area (Å²) in [6, 6.07) is 20.4. The van der Waals surface area contributed by atoms with E-state index < -0.39 is 0 Å². The van der Waals surface area contributed by atoms with Gasteiger partial charge in [-0.15, -0.1) is 0 Å². The molecule has 1 aliphatic carbocycles. The van der Waals surface area contributed by atoms with Crippen molar-refractivity contribution in [2.24, 2.45) is 16.5 Å². The van der Waals surface area contributed by atoms with Crippen LogP contribution in [0.5, 0.6) is 11.5 Å². The predicted octanol–water partition coefficient (Wildman–Crippen LogP) is 4.58. The van der Waals surface area contributed by atoms with Gasteiger partial charge in [-0.25, -0.2) is 0 Å². The lowest BCUT2D eigenvalue weighted by atomic mass is 9.98. The molecule has 0 saturated heterocycles. The topological polar surface area (TPSA) is 82.9 Å². The molecule has 0 radical (unpaired) electrons. The second kappa shape index (κ2) is 10.1. The SMILES string of the molecule is COc1ccc(C(C#Cc2ccc3ccccc3c2)CN=C(N)N)cc1OC1CCCC1. The molecule has 3 aromatic rings. The van der Waals surface area contributed by atoms with E-state index >= 15 is 0 Å². The molecule has 5 nitrogen and oxygen atoms in total. The Morgan fingerprint density at radius 3 is 2.53 bits per heavy atom. The molecule has 3 aromatic carbocycles. The van der Waals surface area contributed by atoms with Crippen molar-refractivity contribution in [3.8, 4) is 23.3 Å². The van der Waals surface area contributed by atoms with Crippen LogP contribution in [0.4, 0.5) is 0 Å². The number of nitrogens with zero attached hydrogens (tertiary/aromatic N) is 1. The molecule has 4 rings (SSSR count). The number of hydrogen-bond acceptors (Lipinski definition) is 3. The van der Waals surface area contributed by atoms with Crippen LogP contribution in [0.3, 0.4) is 0 Å².